The zero-order chi connectivity index (χ0) is 10.1. The number of fused-ring (bicyclic) bond motifs is 1. The summed E-state index contributed by atoms with van der Waals surface area (Å²) in [5.41, 5.74) is 1.02. The Labute approximate surface area is 79.5 Å². The zero-order valence-electron chi connectivity index (χ0n) is 7.50. The maximum absolute atomic E-state index is 12.9. The lowest BCUT2D eigenvalue weighted by molar-refractivity contribution is 0.110. The van der Waals surface area contributed by atoms with Crippen molar-refractivity contribution >= 4 is 22.9 Å². The molecule has 1 N–H and O–H groups in total. The Morgan fingerprint density at radius 2 is 2.29 bits per heavy atom. The number of anilines is 1. The van der Waals surface area contributed by atoms with E-state index in [1.165, 1.54) is 18.2 Å². The molecule has 1 aromatic heterocycles. The number of carbonyl (C=O) groups is 1. The third-order valence-corrected chi connectivity index (χ3v) is 2.03. The first-order valence-electron chi connectivity index (χ1n) is 4.11. The number of aldehydes is 1. The molecule has 0 aliphatic heterocycles. The van der Waals surface area contributed by atoms with Crippen LogP contribution in [0.15, 0.2) is 22.6 Å². The molecule has 3 nitrogen and oxygen atoms in total. The van der Waals surface area contributed by atoms with Crippen molar-refractivity contribution in [2.45, 2.75) is 0 Å². The van der Waals surface area contributed by atoms with E-state index in [9.17, 15) is 9.18 Å². The third-order valence-electron chi connectivity index (χ3n) is 2.03. The van der Waals surface area contributed by atoms with Gasteiger partial charge in [-0.25, -0.2) is 4.39 Å². The number of benzene rings is 1. The molecular formula is C10H8FNO2. The van der Waals surface area contributed by atoms with Gasteiger partial charge in [-0.15, -0.1) is 0 Å². The minimum absolute atomic E-state index is 0.188. The first-order chi connectivity index (χ1) is 6.76. The molecule has 72 valence electrons. The van der Waals surface area contributed by atoms with Crippen LogP contribution in [0.5, 0.6) is 0 Å². The van der Waals surface area contributed by atoms with Crippen LogP contribution in [0.1, 0.15) is 10.6 Å². The summed E-state index contributed by atoms with van der Waals surface area (Å²) >= 11 is 0. The second kappa shape index (κ2) is 3.14. The van der Waals surface area contributed by atoms with E-state index in [4.69, 9.17) is 4.42 Å². The molecule has 0 spiro atoms. The second-order valence-corrected chi connectivity index (χ2v) is 2.85. The van der Waals surface area contributed by atoms with Gasteiger partial charge in [0.2, 0.25) is 0 Å². The smallest absolute Gasteiger partial charge is 0.190 e. The number of hydrogen-bond acceptors (Lipinski definition) is 3. The van der Waals surface area contributed by atoms with E-state index >= 15 is 0 Å². The normalized spacial score (nSPS) is 10.4. The largest absolute Gasteiger partial charge is 0.451 e. The number of halogens is 1. The van der Waals surface area contributed by atoms with E-state index in [1.54, 1.807) is 7.05 Å². The average Bonchev–Trinajstić information content (AvgIpc) is 2.54. The predicted molar refractivity (Wildman–Crippen MR) is 51.1 cm³/mol. The Morgan fingerprint density at radius 1 is 1.50 bits per heavy atom. The Morgan fingerprint density at radius 3 is 2.93 bits per heavy atom. The van der Waals surface area contributed by atoms with Crippen molar-refractivity contribution in [2.24, 2.45) is 0 Å². The lowest BCUT2D eigenvalue weighted by atomic mass is 10.2. The second-order valence-electron chi connectivity index (χ2n) is 2.85. The molecule has 2 aromatic rings. The van der Waals surface area contributed by atoms with Gasteiger partial charge in [0, 0.05) is 12.4 Å². The molecule has 1 aromatic carbocycles. The molecule has 0 aliphatic rings. The standard InChI is InChI=1S/C10H8FNO2/c1-12-10-7-4-6(11)2-3-8(7)14-9(10)5-13/h2-5,12H,1H3. The quantitative estimate of drug-likeness (QED) is 0.745. The highest BCUT2D eigenvalue weighted by Crippen LogP contribution is 2.29. The first-order valence-corrected chi connectivity index (χ1v) is 4.11. The van der Waals surface area contributed by atoms with Crippen LogP contribution in [0.4, 0.5) is 10.1 Å². The van der Waals surface area contributed by atoms with E-state index in [-0.39, 0.29) is 11.6 Å². The number of nitrogens with one attached hydrogen (secondary N) is 1. The highest BCUT2D eigenvalue weighted by atomic mass is 19.1. The molecule has 0 aliphatic carbocycles. The average molecular weight is 193 g/mol. The molecule has 0 radical (unpaired) electrons. The van der Waals surface area contributed by atoms with Crippen molar-refractivity contribution in [3.8, 4) is 0 Å². The summed E-state index contributed by atoms with van der Waals surface area (Å²) in [4.78, 5) is 10.6. The number of furan rings is 1. The number of rotatable bonds is 2. The lowest BCUT2D eigenvalue weighted by Gasteiger charge is -1.95. The Hall–Kier alpha value is -1.84. The van der Waals surface area contributed by atoms with Gasteiger partial charge >= 0.3 is 0 Å². The molecule has 0 atom stereocenters. The molecule has 2 rings (SSSR count). The van der Waals surface area contributed by atoms with Gasteiger partial charge in [-0.3, -0.25) is 4.79 Å². The molecule has 0 bridgehead atoms. The topological polar surface area (TPSA) is 42.2 Å². The van der Waals surface area contributed by atoms with E-state index in [0.717, 1.165) is 0 Å². The van der Waals surface area contributed by atoms with Crippen LogP contribution in [0.2, 0.25) is 0 Å². The first kappa shape index (κ1) is 8.74. The third kappa shape index (κ3) is 1.16. The molecule has 0 unspecified atom stereocenters. The monoisotopic (exact) mass is 193 g/mol. The van der Waals surface area contributed by atoms with Crippen LogP contribution in [0, 0.1) is 5.82 Å². The summed E-state index contributed by atoms with van der Waals surface area (Å²) in [7, 11) is 1.65. The van der Waals surface area contributed by atoms with Gasteiger partial charge < -0.3 is 9.73 Å². The van der Waals surface area contributed by atoms with Crippen molar-refractivity contribution < 1.29 is 13.6 Å². The molecular weight excluding hydrogens is 185 g/mol. The van der Waals surface area contributed by atoms with E-state index in [1.807, 2.05) is 0 Å². The number of hydrogen-bond donors (Lipinski definition) is 1. The Balaban J connectivity index is 2.81. The van der Waals surface area contributed by atoms with E-state index in [0.29, 0.717) is 22.9 Å². The lowest BCUT2D eigenvalue weighted by Crippen LogP contribution is -1.90. The molecule has 14 heavy (non-hydrogen) atoms. The van der Waals surface area contributed by atoms with Crippen molar-refractivity contribution in [1.82, 2.24) is 0 Å². The summed E-state index contributed by atoms with van der Waals surface area (Å²) in [6.45, 7) is 0. The fourth-order valence-corrected chi connectivity index (χ4v) is 1.43. The highest BCUT2D eigenvalue weighted by molar-refractivity contribution is 5.99. The molecule has 0 saturated heterocycles. The summed E-state index contributed by atoms with van der Waals surface area (Å²) in [5, 5.41) is 3.38. The van der Waals surface area contributed by atoms with Gasteiger partial charge in [-0.05, 0) is 18.2 Å². The van der Waals surface area contributed by atoms with Gasteiger partial charge in [-0.2, -0.15) is 0 Å². The highest BCUT2D eigenvalue weighted by Gasteiger charge is 2.12. The van der Waals surface area contributed by atoms with Crippen molar-refractivity contribution in [2.75, 3.05) is 12.4 Å². The summed E-state index contributed by atoms with van der Waals surface area (Å²) in [6.07, 6.45) is 0.601. The fourth-order valence-electron chi connectivity index (χ4n) is 1.43. The van der Waals surface area contributed by atoms with Gasteiger partial charge in [0.05, 0.1) is 5.69 Å². The van der Waals surface area contributed by atoms with Crippen molar-refractivity contribution in [1.29, 1.82) is 0 Å². The molecule has 0 amide bonds. The van der Waals surface area contributed by atoms with Crippen molar-refractivity contribution in [3.05, 3.63) is 29.8 Å². The molecule has 1 heterocycles. The van der Waals surface area contributed by atoms with Gasteiger partial charge in [0.25, 0.3) is 0 Å². The summed E-state index contributed by atoms with van der Waals surface area (Å²) in [6, 6.07) is 4.12. The van der Waals surface area contributed by atoms with Gasteiger partial charge in [-0.1, -0.05) is 0 Å². The van der Waals surface area contributed by atoms with Gasteiger partial charge in [0.15, 0.2) is 12.0 Å². The number of carbonyl (C=O) groups excluding carboxylic acids is 1. The Kier molecular flexibility index (Phi) is 1.96. The van der Waals surface area contributed by atoms with Crippen molar-refractivity contribution in [3.63, 3.8) is 0 Å². The van der Waals surface area contributed by atoms with Crippen LogP contribution >= 0.6 is 0 Å². The van der Waals surface area contributed by atoms with E-state index < -0.39 is 0 Å². The molecule has 0 fully saturated rings. The molecule has 0 saturated carbocycles. The predicted octanol–water partition coefficient (Wildman–Crippen LogP) is 2.43. The van der Waals surface area contributed by atoms with Crippen LogP contribution in [-0.2, 0) is 0 Å². The maximum atomic E-state index is 12.9. The molecule has 4 heteroatoms. The van der Waals surface area contributed by atoms with E-state index in [2.05, 4.69) is 5.32 Å². The summed E-state index contributed by atoms with van der Waals surface area (Å²) in [5.74, 6) is -0.166. The minimum Gasteiger partial charge on any atom is -0.451 e. The van der Waals surface area contributed by atoms with Crippen LogP contribution in [0.3, 0.4) is 0 Å². The SMILES string of the molecule is CNc1c(C=O)oc2ccc(F)cc12. The fraction of sp³-hybridized carbons (Fsp3) is 0.100. The van der Waals surface area contributed by atoms with Gasteiger partial charge in [0.1, 0.15) is 11.4 Å². The van der Waals surface area contributed by atoms with Crippen LogP contribution in [0.25, 0.3) is 11.0 Å². The maximum Gasteiger partial charge on any atom is 0.190 e. The zero-order valence-corrected chi connectivity index (χ0v) is 7.50. The van der Waals surface area contributed by atoms with Crippen LogP contribution in [-0.4, -0.2) is 13.3 Å². The van der Waals surface area contributed by atoms with Crippen LogP contribution < -0.4 is 5.32 Å². The summed E-state index contributed by atoms with van der Waals surface area (Å²) < 4.78 is 18.1. The minimum atomic E-state index is -0.354. The Bertz CT molecular complexity index is 490.